The molecule has 0 fully saturated rings. The predicted octanol–water partition coefficient (Wildman–Crippen LogP) is 1.86. The van der Waals surface area contributed by atoms with Crippen LogP contribution >= 0.6 is 11.8 Å². The fraction of sp³-hybridized carbons (Fsp3) is 0.182. The van der Waals surface area contributed by atoms with Crippen molar-refractivity contribution in [3.63, 3.8) is 0 Å². The molecule has 0 aliphatic carbocycles. The lowest BCUT2D eigenvalue weighted by molar-refractivity contribution is -0.113. The third-order valence-electron chi connectivity index (χ3n) is 1.96. The fourth-order valence-electron chi connectivity index (χ4n) is 1.20. The summed E-state index contributed by atoms with van der Waals surface area (Å²) < 4.78 is 25.9. The van der Waals surface area contributed by atoms with E-state index >= 15 is 0 Å². The number of nitriles is 1. The molecular weight excluding hydrogens is 278 g/mol. The number of hydrogen-bond acceptors (Lipinski definition) is 4. The monoisotopic (exact) mass is 286 g/mol. The van der Waals surface area contributed by atoms with Gasteiger partial charge in [0.05, 0.1) is 28.8 Å². The predicted molar refractivity (Wildman–Crippen MR) is 64.9 cm³/mol. The SMILES string of the molecule is N#CCSCC(=O)Nc1cc(F)c(F)cc1C(=O)O. The van der Waals surface area contributed by atoms with Crippen molar-refractivity contribution in [1.29, 1.82) is 5.26 Å². The minimum Gasteiger partial charge on any atom is -0.478 e. The molecule has 0 aliphatic rings. The van der Waals surface area contributed by atoms with Crippen LogP contribution in [0.4, 0.5) is 14.5 Å². The first-order valence-electron chi connectivity index (χ1n) is 4.92. The van der Waals surface area contributed by atoms with Crippen LogP contribution in [0.25, 0.3) is 0 Å². The molecule has 5 nitrogen and oxygen atoms in total. The molecule has 100 valence electrons. The number of carboxylic acids is 1. The number of carbonyl (C=O) groups excluding carboxylic acids is 1. The molecule has 0 heterocycles. The van der Waals surface area contributed by atoms with Gasteiger partial charge in [0.2, 0.25) is 5.91 Å². The van der Waals surface area contributed by atoms with Gasteiger partial charge in [0, 0.05) is 6.07 Å². The summed E-state index contributed by atoms with van der Waals surface area (Å²) in [5.74, 6) is -4.66. The van der Waals surface area contributed by atoms with E-state index in [9.17, 15) is 18.4 Å². The van der Waals surface area contributed by atoms with Crippen LogP contribution in [0.5, 0.6) is 0 Å². The van der Waals surface area contributed by atoms with E-state index in [-0.39, 0.29) is 17.2 Å². The lowest BCUT2D eigenvalue weighted by Gasteiger charge is -2.08. The minimum atomic E-state index is -1.49. The fourth-order valence-corrected chi connectivity index (χ4v) is 1.65. The average molecular weight is 286 g/mol. The van der Waals surface area contributed by atoms with Gasteiger partial charge in [-0.05, 0) is 6.07 Å². The Labute approximate surface area is 111 Å². The normalized spacial score (nSPS) is 9.74. The first-order valence-corrected chi connectivity index (χ1v) is 6.08. The second kappa shape index (κ2) is 6.70. The number of amides is 1. The molecule has 19 heavy (non-hydrogen) atoms. The number of anilines is 1. The van der Waals surface area contributed by atoms with Gasteiger partial charge in [-0.3, -0.25) is 4.79 Å². The molecule has 0 aliphatic heterocycles. The van der Waals surface area contributed by atoms with Crippen molar-refractivity contribution in [2.24, 2.45) is 0 Å². The third-order valence-corrected chi connectivity index (χ3v) is 2.76. The van der Waals surface area contributed by atoms with Crippen molar-refractivity contribution in [3.05, 3.63) is 29.3 Å². The number of hydrogen-bond donors (Lipinski definition) is 2. The highest BCUT2D eigenvalue weighted by Crippen LogP contribution is 2.20. The summed E-state index contributed by atoms with van der Waals surface area (Å²) >= 11 is 1.01. The third kappa shape index (κ3) is 4.22. The first kappa shape index (κ1) is 14.9. The number of rotatable bonds is 5. The van der Waals surface area contributed by atoms with Crippen molar-refractivity contribution in [2.75, 3.05) is 16.8 Å². The second-order valence-electron chi connectivity index (χ2n) is 3.32. The van der Waals surface area contributed by atoms with E-state index in [0.29, 0.717) is 12.1 Å². The summed E-state index contributed by atoms with van der Waals surface area (Å²) in [5.41, 5.74) is -0.869. The lowest BCUT2D eigenvalue weighted by Crippen LogP contribution is -2.17. The molecular formula is C11H8F2N2O3S. The van der Waals surface area contributed by atoms with E-state index in [0.717, 1.165) is 11.8 Å². The largest absolute Gasteiger partial charge is 0.478 e. The van der Waals surface area contributed by atoms with Gasteiger partial charge in [-0.1, -0.05) is 0 Å². The Morgan fingerprint density at radius 1 is 1.37 bits per heavy atom. The van der Waals surface area contributed by atoms with E-state index in [1.165, 1.54) is 0 Å². The van der Waals surface area contributed by atoms with Crippen LogP contribution in [0, 0.1) is 23.0 Å². The highest BCUT2D eigenvalue weighted by Gasteiger charge is 2.16. The summed E-state index contributed by atoms with van der Waals surface area (Å²) in [6, 6.07) is 2.91. The maximum atomic E-state index is 13.0. The Hall–Kier alpha value is -2.14. The molecule has 0 radical (unpaired) electrons. The molecule has 0 saturated carbocycles. The number of halogens is 2. The smallest absolute Gasteiger partial charge is 0.337 e. The lowest BCUT2D eigenvalue weighted by atomic mass is 10.1. The summed E-state index contributed by atoms with van der Waals surface area (Å²) in [7, 11) is 0. The minimum absolute atomic E-state index is 0.0917. The van der Waals surface area contributed by atoms with Gasteiger partial charge in [-0.15, -0.1) is 11.8 Å². The summed E-state index contributed by atoms with van der Waals surface area (Å²) in [4.78, 5) is 22.2. The van der Waals surface area contributed by atoms with Crippen molar-refractivity contribution < 1.29 is 23.5 Å². The Bertz CT molecular complexity index is 558. The van der Waals surface area contributed by atoms with Gasteiger partial charge in [-0.2, -0.15) is 5.26 Å². The zero-order valence-electron chi connectivity index (χ0n) is 9.44. The summed E-state index contributed by atoms with van der Waals surface area (Å²) in [5, 5.41) is 19.3. The molecule has 1 aromatic carbocycles. The molecule has 0 unspecified atom stereocenters. The van der Waals surface area contributed by atoms with Crippen molar-refractivity contribution in [3.8, 4) is 6.07 Å². The van der Waals surface area contributed by atoms with E-state index in [2.05, 4.69) is 5.32 Å². The van der Waals surface area contributed by atoms with Crippen LogP contribution in [0.3, 0.4) is 0 Å². The first-order chi connectivity index (χ1) is 8.95. The molecule has 1 aromatic rings. The molecule has 0 atom stereocenters. The van der Waals surface area contributed by atoms with Gasteiger partial charge in [0.1, 0.15) is 0 Å². The van der Waals surface area contributed by atoms with Crippen LogP contribution in [-0.2, 0) is 4.79 Å². The molecule has 1 amide bonds. The topological polar surface area (TPSA) is 90.2 Å². The van der Waals surface area contributed by atoms with E-state index in [4.69, 9.17) is 10.4 Å². The number of aromatic carboxylic acids is 1. The van der Waals surface area contributed by atoms with Gasteiger partial charge in [0.15, 0.2) is 11.6 Å². The van der Waals surface area contributed by atoms with Crippen LogP contribution < -0.4 is 5.32 Å². The number of nitrogens with one attached hydrogen (secondary N) is 1. The summed E-state index contributed by atoms with van der Waals surface area (Å²) in [6.45, 7) is 0. The Morgan fingerprint density at radius 2 is 2.00 bits per heavy atom. The number of nitrogens with zero attached hydrogens (tertiary/aromatic N) is 1. The number of carboxylic acid groups (broad SMARTS) is 1. The number of carbonyl (C=O) groups is 2. The zero-order chi connectivity index (χ0) is 14.4. The van der Waals surface area contributed by atoms with Crippen molar-refractivity contribution >= 4 is 29.3 Å². The quantitative estimate of drug-likeness (QED) is 0.806. The molecule has 2 N–H and O–H groups in total. The van der Waals surface area contributed by atoms with E-state index in [1.807, 2.05) is 6.07 Å². The molecule has 0 aromatic heterocycles. The zero-order valence-corrected chi connectivity index (χ0v) is 10.3. The average Bonchev–Trinajstić information content (AvgIpc) is 2.33. The Balaban J connectivity index is 2.88. The maximum Gasteiger partial charge on any atom is 0.337 e. The van der Waals surface area contributed by atoms with Crippen LogP contribution in [0.15, 0.2) is 12.1 Å². The Morgan fingerprint density at radius 3 is 2.58 bits per heavy atom. The maximum absolute atomic E-state index is 13.0. The standard InChI is InChI=1S/C11H8F2N2O3S/c12-7-3-6(11(17)18)9(4-8(7)13)15-10(16)5-19-2-1-14/h3-4H,2,5H2,(H,15,16)(H,17,18). The molecule has 0 saturated heterocycles. The van der Waals surface area contributed by atoms with Crippen molar-refractivity contribution in [1.82, 2.24) is 0 Å². The van der Waals surface area contributed by atoms with E-state index in [1.54, 1.807) is 0 Å². The second-order valence-corrected chi connectivity index (χ2v) is 4.30. The summed E-state index contributed by atoms with van der Waals surface area (Å²) in [6.07, 6.45) is 0. The molecule has 8 heteroatoms. The van der Waals surface area contributed by atoms with Gasteiger partial charge in [-0.25, -0.2) is 13.6 Å². The molecule has 0 bridgehead atoms. The molecule has 0 spiro atoms. The highest BCUT2D eigenvalue weighted by molar-refractivity contribution is 8.00. The number of thioether (sulfide) groups is 1. The van der Waals surface area contributed by atoms with Crippen molar-refractivity contribution in [2.45, 2.75) is 0 Å². The Kier molecular flexibility index (Phi) is 5.26. The van der Waals surface area contributed by atoms with Crippen LogP contribution in [-0.4, -0.2) is 28.5 Å². The highest BCUT2D eigenvalue weighted by atomic mass is 32.2. The molecule has 1 rings (SSSR count). The van der Waals surface area contributed by atoms with Crippen LogP contribution in [0.2, 0.25) is 0 Å². The van der Waals surface area contributed by atoms with Gasteiger partial charge >= 0.3 is 5.97 Å². The number of benzene rings is 1. The van der Waals surface area contributed by atoms with E-state index < -0.39 is 29.1 Å². The van der Waals surface area contributed by atoms with Crippen LogP contribution in [0.1, 0.15) is 10.4 Å². The van der Waals surface area contributed by atoms with Gasteiger partial charge in [0.25, 0.3) is 0 Å². The van der Waals surface area contributed by atoms with Gasteiger partial charge < -0.3 is 10.4 Å².